The number of carbonyl (C=O) groups excluding carboxylic acids is 2. The first-order valence-electron chi connectivity index (χ1n) is 8.82. The van der Waals surface area contributed by atoms with E-state index >= 15 is 0 Å². The second-order valence-corrected chi connectivity index (χ2v) is 6.42. The van der Waals surface area contributed by atoms with E-state index in [0.29, 0.717) is 24.0 Å². The summed E-state index contributed by atoms with van der Waals surface area (Å²) in [4.78, 5) is 27.0. The number of benzene rings is 2. The lowest BCUT2D eigenvalue weighted by Gasteiger charge is -2.37. The first-order chi connectivity index (χ1) is 13.1. The smallest absolute Gasteiger partial charge is 0.413 e. The fourth-order valence-electron chi connectivity index (χ4n) is 3.41. The molecule has 5 heteroatoms. The van der Waals surface area contributed by atoms with E-state index in [0.717, 1.165) is 4.90 Å². The van der Waals surface area contributed by atoms with E-state index in [1.54, 1.807) is 48.5 Å². The second-order valence-electron chi connectivity index (χ2n) is 6.42. The number of rotatable bonds is 7. The van der Waals surface area contributed by atoms with Crippen LogP contribution in [0.5, 0.6) is 0 Å². The molecule has 1 N–H and O–H groups in total. The van der Waals surface area contributed by atoms with Gasteiger partial charge in [-0.2, -0.15) is 0 Å². The Morgan fingerprint density at radius 1 is 1.19 bits per heavy atom. The van der Waals surface area contributed by atoms with Gasteiger partial charge in [0.25, 0.3) is 0 Å². The Kier molecular flexibility index (Phi) is 5.58. The lowest BCUT2D eigenvalue weighted by Crippen LogP contribution is -2.52. The number of ketones is 1. The number of Topliss-reactive ketones (excluding diaryl/α,β-unsaturated/α-hetero) is 1. The summed E-state index contributed by atoms with van der Waals surface area (Å²) in [5.74, 6) is 2.32. The minimum atomic E-state index is -1.39. The third-order valence-electron chi connectivity index (χ3n) is 4.79. The van der Waals surface area contributed by atoms with Crippen LogP contribution in [-0.2, 0) is 15.1 Å². The van der Waals surface area contributed by atoms with E-state index in [1.807, 2.05) is 12.1 Å². The Labute approximate surface area is 158 Å². The maximum absolute atomic E-state index is 13.3. The summed E-state index contributed by atoms with van der Waals surface area (Å²) in [6.07, 6.45) is 4.43. The lowest BCUT2D eigenvalue weighted by atomic mass is 9.82. The number of unbranched alkanes of at least 4 members (excludes halogenated alkanes) is 1. The van der Waals surface area contributed by atoms with Crippen LogP contribution in [-0.4, -0.2) is 28.5 Å². The van der Waals surface area contributed by atoms with Gasteiger partial charge in [0.1, 0.15) is 6.61 Å². The molecular weight excluding hydrogens is 342 g/mol. The molecule has 27 heavy (non-hydrogen) atoms. The molecule has 1 fully saturated rings. The van der Waals surface area contributed by atoms with Gasteiger partial charge in [0, 0.05) is 18.4 Å². The summed E-state index contributed by atoms with van der Waals surface area (Å²) in [6.45, 7) is -0.144. The molecule has 1 aliphatic rings. The summed E-state index contributed by atoms with van der Waals surface area (Å²) < 4.78 is 5.27. The van der Waals surface area contributed by atoms with Crippen molar-refractivity contribution in [2.45, 2.75) is 31.0 Å². The number of amides is 1. The normalized spacial score (nSPS) is 20.0. The molecule has 5 nitrogen and oxygen atoms in total. The molecule has 1 saturated heterocycles. The molecule has 1 heterocycles. The molecule has 1 aliphatic heterocycles. The van der Waals surface area contributed by atoms with Gasteiger partial charge >= 0.3 is 6.09 Å². The van der Waals surface area contributed by atoms with E-state index in [4.69, 9.17) is 11.2 Å². The number of ether oxygens (including phenoxy) is 1. The van der Waals surface area contributed by atoms with E-state index in [1.165, 1.54) is 0 Å². The molecule has 0 bridgehead atoms. The van der Waals surface area contributed by atoms with Crippen molar-refractivity contribution in [2.75, 3.05) is 6.61 Å². The lowest BCUT2D eigenvalue weighted by molar-refractivity contribution is -0.134. The Balaban J connectivity index is 2.06. The fraction of sp³-hybridized carbons (Fsp3) is 0.273. The van der Waals surface area contributed by atoms with Gasteiger partial charge in [0.05, 0.1) is 0 Å². The summed E-state index contributed by atoms with van der Waals surface area (Å²) in [5, 5.41) is 10.9. The van der Waals surface area contributed by atoms with Crippen LogP contribution in [0.1, 0.15) is 36.6 Å². The highest BCUT2D eigenvalue weighted by Crippen LogP contribution is 2.42. The molecule has 1 amide bonds. The highest BCUT2D eigenvalue weighted by atomic mass is 16.6. The summed E-state index contributed by atoms with van der Waals surface area (Å²) in [6, 6.07) is 17.7. The SMILES string of the molecule is C#CCCCC(=O)C1(c2ccccc2)COC(=O)N1C(O)c1ccccc1. The maximum atomic E-state index is 13.3. The zero-order valence-corrected chi connectivity index (χ0v) is 14.9. The van der Waals surface area contributed by atoms with Crippen molar-refractivity contribution in [3.05, 3.63) is 71.8 Å². The zero-order chi connectivity index (χ0) is 19.3. The number of aliphatic hydroxyl groups excluding tert-OH is 1. The molecule has 0 radical (unpaired) electrons. The monoisotopic (exact) mass is 363 g/mol. The van der Waals surface area contributed by atoms with Gasteiger partial charge in [0.15, 0.2) is 17.6 Å². The molecule has 138 valence electrons. The molecule has 0 saturated carbocycles. The number of aliphatic hydroxyl groups is 1. The maximum Gasteiger partial charge on any atom is 0.413 e. The molecule has 0 aliphatic carbocycles. The van der Waals surface area contributed by atoms with Gasteiger partial charge in [-0.3, -0.25) is 9.69 Å². The van der Waals surface area contributed by atoms with Crippen molar-refractivity contribution < 1.29 is 19.4 Å². The van der Waals surface area contributed by atoms with Crippen LogP contribution in [0.25, 0.3) is 0 Å². The molecule has 2 aromatic carbocycles. The average Bonchev–Trinajstić information content (AvgIpc) is 3.07. The molecule has 2 aromatic rings. The van der Waals surface area contributed by atoms with E-state index in [-0.39, 0.29) is 18.8 Å². The van der Waals surface area contributed by atoms with Gasteiger partial charge < -0.3 is 9.84 Å². The molecule has 0 spiro atoms. The Bertz CT molecular complexity index is 844. The number of nitrogens with zero attached hydrogens (tertiary/aromatic N) is 1. The Hall–Kier alpha value is -3.10. The van der Waals surface area contributed by atoms with Crippen molar-refractivity contribution in [2.24, 2.45) is 0 Å². The fourth-order valence-corrected chi connectivity index (χ4v) is 3.41. The molecular formula is C22H21NO4. The molecule has 0 aromatic heterocycles. The van der Waals surface area contributed by atoms with Crippen LogP contribution < -0.4 is 0 Å². The first-order valence-corrected chi connectivity index (χ1v) is 8.82. The van der Waals surface area contributed by atoms with Crippen LogP contribution in [0.4, 0.5) is 4.79 Å². The van der Waals surface area contributed by atoms with Crippen molar-refractivity contribution >= 4 is 11.9 Å². The van der Waals surface area contributed by atoms with Crippen LogP contribution in [0.2, 0.25) is 0 Å². The van der Waals surface area contributed by atoms with E-state index in [2.05, 4.69) is 5.92 Å². The second kappa shape index (κ2) is 8.07. The van der Waals surface area contributed by atoms with Crippen LogP contribution in [0.15, 0.2) is 60.7 Å². The number of hydrogen-bond donors (Lipinski definition) is 1. The number of terminal acetylenes is 1. The van der Waals surface area contributed by atoms with Gasteiger partial charge in [-0.05, 0) is 12.0 Å². The van der Waals surface area contributed by atoms with Gasteiger partial charge in [0.2, 0.25) is 0 Å². The van der Waals surface area contributed by atoms with Crippen LogP contribution in [0, 0.1) is 12.3 Å². The third-order valence-corrected chi connectivity index (χ3v) is 4.79. The zero-order valence-electron chi connectivity index (χ0n) is 14.9. The number of cyclic esters (lactones) is 1. The largest absolute Gasteiger partial charge is 0.446 e. The number of hydrogen-bond acceptors (Lipinski definition) is 4. The topological polar surface area (TPSA) is 66.8 Å². The van der Waals surface area contributed by atoms with Crippen molar-refractivity contribution in [1.82, 2.24) is 4.90 Å². The van der Waals surface area contributed by atoms with E-state index < -0.39 is 17.9 Å². The van der Waals surface area contributed by atoms with Gasteiger partial charge in [-0.25, -0.2) is 4.79 Å². The van der Waals surface area contributed by atoms with Gasteiger partial charge in [-0.15, -0.1) is 12.3 Å². The highest BCUT2D eigenvalue weighted by molar-refractivity contribution is 5.95. The standard InChI is InChI=1S/C22H21NO4/c1-2-3-6-15-19(24)22(18-13-9-5-10-14-18)16-27-21(26)23(22)20(25)17-11-7-4-8-12-17/h1,4-5,7-14,20,25H,3,6,15-16H2. The van der Waals surface area contributed by atoms with Crippen molar-refractivity contribution in [3.63, 3.8) is 0 Å². The molecule has 3 rings (SSSR count). The predicted molar refractivity (Wildman–Crippen MR) is 100 cm³/mol. The molecule has 2 unspecified atom stereocenters. The summed E-state index contributed by atoms with van der Waals surface area (Å²) in [7, 11) is 0. The third kappa shape index (κ3) is 3.44. The minimum Gasteiger partial charge on any atom is -0.446 e. The highest BCUT2D eigenvalue weighted by Gasteiger charge is 2.56. The molecule has 2 atom stereocenters. The predicted octanol–water partition coefficient (Wildman–Crippen LogP) is 3.40. The Morgan fingerprint density at radius 2 is 1.81 bits per heavy atom. The Morgan fingerprint density at radius 3 is 2.44 bits per heavy atom. The van der Waals surface area contributed by atoms with Crippen molar-refractivity contribution in [1.29, 1.82) is 0 Å². The van der Waals surface area contributed by atoms with Crippen LogP contribution >= 0.6 is 0 Å². The van der Waals surface area contributed by atoms with Crippen LogP contribution in [0.3, 0.4) is 0 Å². The quantitative estimate of drug-likeness (QED) is 0.605. The minimum absolute atomic E-state index is 0.144. The summed E-state index contributed by atoms with van der Waals surface area (Å²) >= 11 is 0. The van der Waals surface area contributed by atoms with E-state index in [9.17, 15) is 14.7 Å². The number of carbonyl (C=O) groups is 2. The van der Waals surface area contributed by atoms with Gasteiger partial charge in [-0.1, -0.05) is 60.7 Å². The van der Waals surface area contributed by atoms with Crippen molar-refractivity contribution in [3.8, 4) is 12.3 Å². The average molecular weight is 363 g/mol. The summed E-state index contributed by atoms with van der Waals surface area (Å²) in [5.41, 5.74) is -0.271. The first kappa shape index (κ1) is 18.7.